The van der Waals surface area contributed by atoms with Crippen molar-refractivity contribution >= 4 is 34.8 Å². The molecule has 5 heteroatoms. The highest BCUT2D eigenvalue weighted by atomic mass is 35.5. The lowest BCUT2D eigenvalue weighted by molar-refractivity contribution is 0.279. The molecule has 2 nitrogen and oxygen atoms in total. The zero-order chi connectivity index (χ0) is 16.5. The van der Waals surface area contributed by atoms with E-state index in [9.17, 15) is 0 Å². The van der Waals surface area contributed by atoms with E-state index in [2.05, 4.69) is 12.6 Å². The van der Waals surface area contributed by atoms with Crippen molar-refractivity contribution in [2.24, 2.45) is 0 Å². The van der Waals surface area contributed by atoms with Crippen LogP contribution in [-0.4, -0.2) is 12.2 Å². The maximum absolute atomic E-state index is 8.82. The molecule has 0 radical (unpaired) electrons. The molecule has 1 N–H and O–H groups in total. The lowest BCUT2D eigenvalue weighted by Crippen LogP contribution is -1.89. The van der Waals surface area contributed by atoms with E-state index in [1.807, 2.05) is 18.2 Å². The SMILES string of the molecule is C=C(CCc1cccc(Cl)c1)OC.Oc1cc(Cl)cc(Cl)c1. The standard InChI is InChI=1S/C11H13ClO.C6H4Cl2O/c1-9(13-2)6-7-10-4-3-5-11(12)8-10;7-4-1-5(8)3-6(9)2-4/h3-5,8H,1,6-7H2,2H3;1-3,9H. The van der Waals surface area contributed by atoms with Crippen LogP contribution in [0.25, 0.3) is 0 Å². The third kappa shape index (κ3) is 7.60. The molecular formula is C17H17Cl3O2. The van der Waals surface area contributed by atoms with Gasteiger partial charge in [0.05, 0.1) is 12.9 Å². The number of phenolic OH excluding ortho intramolecular Hbond substituents is 1. The molecule has 0 spiro atoms. The maximum Gasteiger partial charge on any atom is 0.118 e. The first-order valence-corrected chi connectivity index (χ1v) is 7.65. The van der Waals surface area contributed by atoms with Crippen molar-refractivity contribution in [2.45, 2.75) is 12.8 Å². The summed E-state index contributed by atoms with van der Waals surface area (Å²) in [5.41, 5.74) is 1.21. The van der Waals surface area contributed by atoms with E-state index >= 15 is 0 Å². The minimum absolute atomic E-state index is 0.0903. The normalized spacial score (nSPS) is 9.64. The van der Waals surface area contributed by atoms with Gasteiger partial charge in [-0.1, -0.05) is 53.5 Å². The van der Waals surface area contributed by atoms with Crippen LogP contribution in [0.3, 0.4) is 0 Å². The molecular weight excluding hydrogens is 343 g/mol. The van der Waals surface area contributed by atoms with Gasteiger partial charge in [-0.2, -0.15) is 0 Å². The van der Waals surface area contributed by atoms with Crippen LogP contribution in [0.5, 0.6) is 5.75 Å². The number of allylic oxidation sites excluding steroid dienone is 1. The van der Waals surface area contributed by atoms with Gasteiger partial charge >= 0.3 is 0 Å². The second-order valence-corrected chi connectivity index (χ2v) is 5.81. The van der Waals surface area contributed by atoms with Gasteiger partial charge in [-0.15, -0.1) is 0 Å². The Bertz CT molecular complexity index is 577. The van der Waals surface area contributed by atoms with E-state index in [-0.39, 0.29) is 5.75 Å². The molecule has 0 aliphatic heterocycles. The van der Waals surface area contributed by atoms with E-state index < -0.39 is 0 Å². The third-order valence-corrected chi connectivity index (χ3v) is 3.39. The molecule has 0 saturated heterocycles. The molecule has 2 aromatic rings. The van der Waals surface area contributed by atoms with Crippen LogP contribution in [0.4, 0.5) is 0 Å². The minimum atomic E-state index is 0.0903. The van der Waals surface area contributed by atoms with Crippen LogP contribution in [0.2, 0.25) is 15.1 Å². The molecule has 0 heterocycles. The van der Waals surface area contributed by atoms with Crippen LogP contribution >= 0.6 is 34.8 Å². The zero-order valence-electron chi connectivity index (χ0n) is 12.2. The first kappa shape index (κ1) is 18.7. The first-order valence-electron chi connectivity index (χ1n) is 6.52. The highest BCUT2D eigenvalue weighted by molar-refractivity contribution is 6.34. The average Bonchev–Trinajstić information content (AvgIpc) is 2.44. The van der Waals surface area contributed by atoms with Gasteiger partial charge < -0.3 is 9.84 Å². The zero-order valence-corrected chi connectivity index (χ0v) is 14.4. The molecule has 0 aliphatic carbocycles. The van der Waals surface area contributed by atoms with Crippen LogP contribution in [0.1, 0.15) is 12.0 Å². The van der Waals surface area contributed by atoms with Crippen molar-refractivity contribution in [1.29, 1.82) is 0 Å². The minimum Gasteiger partial charge on any atom is -0.508 e. The molecule has 0 unspecified atom stereocenters. The van der Waals surface area contributed by atoms with Crippen LogP contribution in [-0.2, 0) is 11.2 Å². The number of aromatic hydroxyl groups is 1. The molecule has 0 aliphatic rings. The van der Waals surface area contributed by atoms with Crippen LogP contribution in [0.15, 0.2) is 54.8 Å². The molecule has 0 amide bonds. The lowest BCUT2D eigenvalue weighted by atomic mass is 10.1. The first-order chi connectivity index (χ1) is 10.4. The number of benzene rings is 2. The second-order valence-electron chi connectivity index (χ2n) is 4.50. The van der Waals surface area contributed by atoms with Crippen LogP contribution in [0, 0.1) is 0 Å². The Morgan fingerprint density at radius 1 is 1.05 bits per heavy atom. The largest absolute Gasteiger partial charge is 0.508 e. The van der Waals surface area contributed by atoms with E-state index in [1.165, 1.54) is 17.7 Å². The Morgan fingerprint density at radius 3 is 2.18 bits per heavy atom. The monoisotopic (exact) mass is 358 g/mol. The Labute approximate surface area is 145 Å². The predicted octanol–water partition coefficient (Wildman–Crippen LogP) is 6.13. The number of phenols is 1. The van der Waals surface area contributed by atoms with Crippen molar-refractivity contribution in [3.63, 3.8) is 0 Å². The van der Waals surface area contributed by atoms with E-state index in [0.29, 0.717) is 10.0 Å². The molecule has 0 aromatic heterocycles. The summed E-state index contributed by atoms with van der Waals surface area (Å²) in [6, 6.07) is 12.2. The summed E-state index contributed by atoms with van der Waals surface area (Å²) in [5, 5.41) is 10.5. The van der Waals surface area contributed by atoms with Gasteiger partial charge in [-0.05, 0) is 42.3 Å². The van der Waals surface area contributed by atoms with Crippen molar-refractivity contribution < 1.29 is 9.84 Å². The van der Waals surface area contributed by atoms with E-state index in [0.717, 1.165) is 23.6 Å². The summed E-state index contributed by atoms with van der Waals surface area (Å²) < 4.78 is 4.97. The fraction of sp³-hybridized carbons (Fsp3) is 0.176. The Morgan fingerprint density at radius 2 is 1.68 bits per heavy atom. The molecule has 0 atom stereocenters. The predicted molar refractivity (Wildman–Crippen MR) is 94.0 cm³/mol. The summed E-state index contributed by atoms with van der Waals surface area (Å²) in [4.78, 5) is 0. The molecule has 118 valence electrons. The number of rotatable bonds is 4. The highest BCUT2D eigenvalue weighted by Crippen LogP contribution is 2.22. The van der Waals surface area contributed by atoms with E-state index in [1.54, 1.807) is 13.2 Å². The number of halogens is 3. The number of hydrogen-bond donors (Lipinski definition) is 1. The van der Waals surface area contributed by atoms with E-state index in [4.69, 9.17) is 44.6 Å². The van der Waals surface area contributed by atoms with Gasteiger partial charge in [0.25, 0.3) is 0 Å². The van der Waals surface area contributed by atoms with Gasteiger partial charge in [0.15, 0.2) is 0 Å². The summed E-state index contributed by atoms with van der Waals surface area (Å²) in [5.74, 6) is 0.896. The summed E-state index contributed by atoms with van der Waals surface area (Å²) in [6.07, 6.45) is 1.77. The van der Waals surface area contributed by atoms with Gasteiger partial charge in [0, 0.05) is 21.5 Å². The number of methoxy groups -OCH3 is 1. The van der Waals surface area contributed by atoms with Crippen LogP contribution < -0.4 is 0 Å². The topological polar surface area (TPSA) is 29.5 Å². The van der Waals surface area contributed by atoms with Gasteiger partial charge in [0.1, 0.15) is 5.75 Å². The second kappa shape index (κ2) is 9.62. The third-order valence-electron chi connectivity index (χ3n) is 2.72. The van der Waals surface area contributed by atoms with Crippen molar-refractivity contribution in [2.75, 3.05) is 7.11 Å². The number of hydrogen-bond acceptors (Lipinski definition) is 2. The molecule has 0 bridgehead atoms. The van der Waals surface area contributed by atoms with Gasteiger partial charge in [0.2, 0.25) is 0 Å². The summed E-state index contributed by atoms with van der Waals surface area (Å²) >= 11 is 16.9. The number of ether oxygens (including phenoxy) is 1. The molecule has 2 rings (SSSR count). The maximum atomic E-state index is 8.82. The molecule has 2 aromatic carbocycles. The van der Waals surface area contributed by atoms with Crippen molar-refractivity contribution in [1.82, 2.24) is 0 Å². The average molecular weight is 360 g/mol. The molecule has 0 saturated carbocycles. The summed E-state index contributed by atoms with van der Waals surface area (Å²) in [7, 11) is 1.64. The number of aryl methyl sites for hydroxylation is 1. The van der Waals surface area contributed by atoms with Gasteiger partial charge in [-0.25, -0.2) is 0 Å². The summed E-state index contributed by atoms with van der Waals surface area (Å²) in [6.45, 7) is 3.76. The van der Waals surface area contributed by atoms with Gasteiger partial charge in [-0.3, -0.25) is 0 Å². The Hall–Kier alpha value is -1.35. The highest BCUT2D eigenvalue weighted by Gasteiger charge is 1.96. The Kier molecular flexibility index (Phi) is 8.18. The fourth-order valence-electron chi connectivity index (χ4n) is 1.62. The quantitative estimate of drug-likeness (QED) is 0.665. The van der Waals surface area contributed by atoms with Crippen molar-refractivity contribution in [3.8, 4) is 5.75 Å². The van der Waals surface area contributed by atoms with Crippen molar-refractivity contribution in [3.05, 3.63) is 75.4 Å². The Balaban J connectivity index is 0.000000235. The smallest absolute Gasteiger partial charge is 0.118 e. The fourth-order valence-corrected chi connectivity index (χ4v) is 2.34. The molecule has 22 heavy (non-hydrogen) atoms. The lowest BCUT2D eigenvalue weighted by Gasteiger charge is -2.04. The molecule has 0 fully saturated rings.